The lowest BCUT2D eigenvalue weighted by Crippen LogP contribution is -2.26. The largest absolute Gasteiger partial charge is 0.464 e. The summed E-state index contributed by atoms with van der Waals surface area (Å²) in [6.45, 7) is 2.02. The predicted octanol–water partition coefficient (Wildman–Crippen LogP) is 1.38. The van der Waals surface area contributed by atoms with Gasteiger partial charge < -0.3 is 14.6 Å². The van der Waals surface area contributed by atoms with Crippen LogP contribution in [-0.4, -0.2) is 39.2 Å². The van der Waals surface area contributed by atoms with Crippen molar-refractivity contribution in [2.45, 2.75) is 23.7 Å². The molecule has 0 atom stereocenters. The zero-order valence-electron chi connectivity index (χ0n) is 13.9. The Bertz CT molecular complexity index is 866. The van der Waals surface area contributed by atoms with Gasteiger partial charge in [0.1, 0.15) is 4.90 Å². The van der Waals surface area contributed by atoms with Crippen LogP contribution in [-0.2, 0) is 14.8 Å². The van der Waals surface area contributed by atoms with Crippen molar-refractivity contribution in [3.05, 3.63) is 47.8 Å². The van der Waals surface area contributed by atoms with Crippen LogP contribution in [0, 0.1) is 0 Å². The van der Waals surface area contributed by atoms with E-state index in [1.807, 2.05) is 24.3 Å². The van der Waals surface area contributed by atoms with Gasteiger partial charge in [0.05, 0.1) is 7.11 Å². The van der Waals surface area contributed by atoms with E-state index in [4.69, 9.17) is 9.88 Å². The van der Waals surface area contributed by atoms with Crippen molar-refractivity contribution in [3.8, 4) is 5.69 Å². The van der Waals surface area contributed by atoms with Crippen molar-refractivity contribution >= 4 is 16.0 Å². The number of carbonyl (C=O) groups excluding carboxylic acids is 1. The highest BCUT2D eigenvalue weighted by molar-refractivity contribution is 7.89. The van der Waals surface area contributed by atoms with Crippen LogP contribution in [0.2, 0.25) is 0 Å². The molecule has 1 fully saturated rings. The van der Waals surface area contributed by atoms with Crippen LogP contribution >= 0.6 is 0 Å². The zero-order valence-corrected chi connectivity index (χ0v) is 14.8. The Kier molecular flexibility index (Phi) is 4.94. The molecule has 0 saturated carbocycles. The number of benzene rings is 1. The molecule has 7 nitrogen and oxygen atoms in total. The lowest BCUT2D eigenvalue weighted by Gasteiger charge is -2.23. The third-order valence-corrected chi connectivity index (χ3v) is 5.46. The number of methoxy groups -OCH3 is 1. The van der Waals surface area contributed by atoms with Crippen LogP contribution < -0.4 is 10.5 Å². The molecule has 0 radical (unpaired) electrons. The van der Waals surface area contributed by atoms with Crippen LogP contribution in [0.15, 0.2) is 41.4 Å². The van der Waals surface area contributed by atoms with Crippen molar-refractivity contribution < 1.29 is 17.9 Å². The van der Waals surface area contributed by atoms with Gasteiger partial charge in [-0.15, -0.1) is 0 Å². The summed E-state index contributed by atoms with van der Waals surface area (Å²) in [6, 6.07) is 9.09. The van der Waals surface area contributed by atoms with Gasteiger partial charge in [0.15, 0.2) is 5.69 Å². The van der Waals surface area contributed by atoms with E-state index in [1.165, 1.54) is 29.5 Å². The van der Waals surface area contributed by atoms with Crippen molar-refractivity contribution in [3.63, 3.8) is 0 Å². The summed E-state index contributed by atoms with van der Waals surface area (Å²) in [6.07, 6.45) is 3.68. The summed E-state index contributed by atoms with van der Waals surface area (Å²) in [4.78, 5) is 11.8. The van der Waals surface area contributed by atoms with Crippen molar-refractivity contribution in [1.29, 1.82) is 0 Å². The van der Waals surface area contributed by atoms with Crippen LogP contribution in [0.5, 0.6) is 0 Å². The fourth-order valence-corrected chi connectivity index (χ4v) is 3.92. The third-order valence-electron chi connectivity index (χ3n) is 4.52. The molecule has 0 amide bonds. The number of ether oxygens (including phenoxy) is 1. The first kappa shape index (κ1) is 17.7. The maximum atomic E-state index is 12.1. The van der Waals surface area contributed by atoms with E-state index in [0.717, 1.165) is 25.9 Å². The number of aromatic nitrogens is 1. The van der Waals surface area contributed by atoms with Crippen molar-refractivity contribution in [2.24, 2.45) is 5.14 Å². The highest BCUT2D eigenvalue weighted by Crippen LogP contribution is 2.27. The van der Waals surface area contributed by atoms with Crippen molar-refractivity contribution in [1.82, 2.24) is 9.88 Å². The average Bonchev–Trinajstić information content (AvgIpc) is 3.07. The number of carbonyl (C=O) groups is 1. The minimum absolute atomic E-state index is 0.0976. The van der Waals surface area contributed by atoms with E-state index >= 15 is 0 Å². The first-order chi connectivity index (χ1) is 11.9. The number of nitrogens with two attached hydrogens (primary N) is 1. The maximum absolute atomic E-state index is 12.1. The Hall–Kier alpha value is -2.16. The number of nitrogens with one attached hydrogen (secondary N) is 1. The van der Waals surface area contributed by atoms with Gasteiger partial charge in [0, 0.05) is 11.9 Å². The molecule has 0 spiro atoms. The SMILES string of the molecule is COC(=O)c1c(S(N)(=O)=O)ccn1-c1ccc(C2CCNCC2)cc1. The maximum Gasteiger partial charge on any atom is 0.356 e. The second kappa shape index (κ2) is 6.99. The first-order valence-electron chi connectivity index (χ1n) is 8.05. The van der Waals surface area contributed by atoms with Gasteiger partial charge in [-0.1, -0.05) is 12.1 Å². The van der Waals surface area contributed by atoms with Crippen LogP contribution in [0.3, 0.4) is 0 Å². The summed E-state index contributed by atoms with van der Waals surface area (Å²) >= 11 is 0. The summed E-state index contributed by atoms with van der Waals surface area (Å²) < 4.78 is 29.7. The Labute approximate surface area is 146 Å². The summed E-state index contributed by atoms with van der Waals surface area (Å²) in [7, 11) is -2.83. The molecular weight excluding hydrogens is 342 g/mol. The quantitative estimate of drug-likeness (QED) is 0.799. The van der Waals surface area contributed by atoms with E-state index in [2.05, 4.69) is 5.32 Å². The van der Waals surface area contributed by atoms with E-state index < -0.39 is 16.0 Å². The molecule has 1 aromatic heterocycles. The lowest BCUT2D eigenvalue weighted by atomic mass is 9.90. The normalized spacial score (nSPS) is 15.9. The van der Waals surface area contributed by atoms with E-state index in [9.17, 15) is 13.2 Å². The summed E-state index contributed by atoms with van der Waals surface area (Å²) in [5, 5.41) is 8.55. The smallest absolute Gasteiger partial charge is 0.356 e. The molecule has 2 aromatic rings. The zero-order chi connectivity index (χ0) is 18.0. The number of sulfonamides is 1. The van der Waals surface area contributed by atoms with Gasteiger partial charge in [-0.25, -0.2) is 18.4 Å². The van der Waals surface area contributed by atoms with Gasteiger partial charge >= 0.3 is 5.97 Å². The molecule has 0 unspecified atom stereocenters. The first-order valence-corrected chi connectivity index (χ1v) is 9.60. The van der Waals surface area contributed by atoms with Crippen LogP contribution in [0.1, 0.15) is 34.8 Å². The topological polar surface area (TPSA) is 103 Å². The number of rotatable bonds is 4. The Morgan fingerprint density at radius 3 is 2.40 bits per heavy atom. The Morgan fingerprint density at radius 2 is 1.84 bits per heavy atom. The van der Waals surface area contributed by atoms with Gasteiger partial charge in [0.25, 0.3) is 0 Å². The fourth-order valence-electron chi connectivity index (χ4n) is 3.22. The molecule has 1 aliphatic heterocycles. The fraction of sp³-hybridized carbons (Fsp3) is 0.353. The monoisotopic (exact) mass is 363 g/mol. The molecule has 1 aromatic carbocycles. The average molecular weight is 363 g/mol. The molecule has 0 bridgehead atoms. The molecule has 25 heavy (non-hydrogen) atoms. The number of primary sulfonamides is 1. The van der Waals surface area contributed by atoms with E-state index in [-0.39, 0.29) is 10.6 Å². The van der Waals surface area contributed by atoms with Gasteiger partial charge in [-0.05, 0) is 55.6 Å². The van der Waals surface area contributed by atoms with E-state index in [0.29, 0.717) is 11.6 Å². The molecule has 0 aliphatic carbocycles. The van der Waals surface area contributed by atoms with Crippen LogP contribution in [0.4, 0.5) is 0 Å². The number of hydrogen-bond donors (Lipinski definition) is 2. The Morgan fingerprint density at radius 1 is 1.20 bits per heavy atom. The molecule has 1 aliphatic rings. The van der Waals surface area contributed by atoms with Gasteiger partial charge in [-0.3, -0.25) is 0 Å². The van der Waals surface area contributed by atoms with Gasteiger partial charge in [-0.2, -0.15) is 0 Å². The standard InChI is InChI=1S/C17H21N3O4S/c1-24-17(21)16-15(25(18,22)23)8-11-20(16)14-4-2-12(3-5-14)13-6-9-19-10-7-13/h2-5,8,11,13,19H,6-7,9-10H2,1H3,(H2,18,22,23). The third kappa shape index (κ3) is 3.60. The Balaban J connectivity index is 1.99. The molecule has 8 heteroatoms. The molecule has 2 heterocycles. The predicted molar refractivity (Wildman–Crippen MR) is 93.3 cm³/mol. The molecule has 134 valence electrons. The summed E-state index contributed by atoms with van der Waals surface area (Å²) in [5.41, 5.74) is 1.82. The number of hydrogen-bond acceptors (Lipinski definition) is 5. The highest BCUT2D eigenvalue weighted by atomic mass is 32.2. The second-order valence-electron chi connectivity index (χ2n) is 6.05. The molecular formula is C17H21N3O4S. The number of esters is 1. The molecule has 1 saturated heterocycles. The number of piperidine rings is 1. The summed E-state index contributed by atoms with van der Waals surface area (Å²) in [5.74, 6) is -0.239. The van der Waals surface area contributed by atoms with E-state index in [1.54, 1.807) is 0 Å². The molecule has 3 rings (SSSR count). The number of nitrogens with zero attached hydrogens (tertiary/aromatic N) is 1. The van der Waals surface area contributed by atoms with Gasteiger partial charge in [0.2, 0.25) is 10.0 Å². The van der Waals surface area contributed by atoms with Crippen LogP contribution in [0.25, 0.3) is 5.69 Å². The van der Waals surface area contributed by atoms with Crippen molar-refractivity contribution in [2.75, 3.05) is 20.2 Å². The minimum atomic E-state index is -4.03. The molecule has 3 N–H and O–H groups in total. The lowest BCUT2D eigenvalue weighted by molar-refractivity contribution is 0.0587. The highest BCUT2D eigenvalue weighted by Gasteiger charge is 2.25. The minimum Gasteiger partial charge on any atom is -0.464 e. The second-order valence-corrected chi connectivity index (χ2v) is 7.58.